The molecule has 2 rings (SSSR count). The van der Waals surface area contributed by atoms with Crippen molar-refractivity contribution in [1.29, 1.82) is 0 Å². The van der Waals surface area contributed by atoms with Crippen molar-refractivity contribution >= 4 is 23.2 Å². The van der Waals surface area contributed by atoms with Crippen LogP contribution in [0.3, 0.4) is 0 Å². The first-order valence-corrected chi connectivity index (χ1v) is 6.16. The van der Waals surface area contributed by atoms with Crippen LogP contribution in [0, 0.1) is 0 Å². The maximum atomic E-state index is 5.90. The molecule has 1 aliphatic rings. The lowest BCUT2D eigenvalue weighted by Crippen LogP contribution is -2.16. The molecule has 0 spiro atoms. The third-order valence-electron chi connectivity index (χ3n) is 2.46. The molecule has 16 heavy (non-hydrogen) atoms. The summed E-state index contributed by atoms with van der Waals surface area (Å²) in [6.07, 6.45) is 2.35. The molecule has 2 heterocycles. The van der Waals surface area contributed by atoms with Gasteiger partial charge in [-0.1, -0.05) is 11.6 Å². The molecule has 3 nitrogen and oxygen atoms in total. The van der Waals surface area contributed by atoms with E-state index in [1.807, 2.05) is 0 Å². The first kappa shape index (κ1) is 12.0. The van der Waals surface area contributed by atoms with Crippen molar-refractivity contribution in [3.05, 3.63) is 22.8 Å². The molecule has 0 aliphatic carbocycles. The lowest BCUT2D eigenvalue weighted by molar-refractivity contribution is 0.0663. The first-order chi connectivity index (χ1) is 7.79. The molecule has 0 aromatic carbocycles. The minimum Gasteiger partial charge on any atom is -0.475 e. The van der Waals surface area contributed by atoms with E-state index in [4.69, 9.17) is 32.7 Å². The summed E-state index contributed by atoms with van der Waals surface area (Å²) in [6, 6.07) is 3.49. The predicted molar refractivity (Wildman–Crippen MR) is 63.3 cm³/mol. The molecule has 1 aliphatic heterocycles. The van der Waals surface area contributed by atoms with E-state index >= 15 is 0 Å². The molecule has 0 saturated carbocycles. The molecule has 0 radical (unpaired) electrons. The summed E-state index contributed by atoms with van der Waals surface area (Å²) in [5.41, 5.74) is 0.646. The van der Waals surface area contributed by atoms with Crippen molar-refractivity contribution in [2.75, 3.05) is 13.2 Å². The number of hydrogen-bond acceptors (Lipinski definition) is 3. The average Bonchev–Trinajstić information content (AvgIpc) is 2.81. The second-order valence-electron chi connectivity index (χ2n) is 3.66. The molecular weight excluding hydrogens is 249 g/mol. The maximum Gasteiger partial charge on any atom is 0.213 e. The van der Waals surface area contributed by atoms with Crippen molar-refractivity contribution in [2.45, 2.75) is 24.8 Å². The van der Waals surface area contributed by atoms with Crippen LogP contribution in [0.25, 0.3) is 0 Å². The van der Waals surface area contributed by atoms with Gasteiger partial charge in [0.1, 0.15) is 6.61 Å². The Kier molecular flexibility index (Phi) is 4.27. The van der Waals surface area contributed by atoms with Gasteiger partial charge in [-0.15, -0.1) is 11.6 Å². The normalized spacial score (nSPS) is 20.0. The van der Waals surface area contributed by atoms with Crippen LogP contribution in [0.2, 0.25) is 5.02 Å². The van der Waals surface area contributed by atoms with Gasteiger partial charge in [-0.25, -0.2) is 4.98 Å². The quantitative estimate of drug-likeness (QED) is 0.781. The fraction of sp³-hybridized carbons (Fsp3) is 0.545. The molecule has 1 aromatic rings. The Labute approximate surface area is 105 Å². The maximum absolute atomic E-state index is 5.90. The summed E-state index contributed by atoms with van der Waals surface area (Å²) in [5, 5.41) is 0.569. The van der Waals surface area contributed by atoms with E-state index in [1.54, 1.807) is 12.1 Å². The highest BCUT2D eigenvalue weighted by Gasteiger charge is 2.16. The molecule has 0 bridgehead atoms. The topological polar surface area (TPSA) is 31.4 Å². The Morgan fingerprint density at radius 3 is 3.06 bits per heavy atom. The van der Waals surface area contributed by atoms with Crippen LogP contribution in [0.4, 0.5) is 0 Å². The lowest BCUT2D eigenvalue weighted by atomic mass is 10.2. The van der Waals surface area contributed by atoms with Gasteiger partial charge in [-0.05, 0) is 18.9 Å². The van der Waals surface area contributed by atoms with Gasteiger partial charge in [0.25, 0.3) is 0 Å². The number of hydrogen-bond donors (Lipinski definition) is 0. The van der Waals surface area contributed by atoms with Crippen molar-refractivity contribution in [3.8, 4) is 5.88 Å². The van der Waals surface area contributed by atoms with Crippen LogP contribution in [-0.2, 0) is 10.6 Å². The smallest absolute Gasteiger partial charge is 0.213 e. The Hall–Kier alpha value is -0.510. The van der Waals surface area contributed by atoms with Crippen LogP contribution < -0.4 is 4.74 Å². The molecule has 1 atom stereocenters. The summed E-state index contributed by atoms with van der Waals surface area (Å²) < 4.78 is 11.0. The summed E-state index contributed by atoms with van der Waals surface area (Å²) in [6.45, 7) is 1.37. The van der Waals surface area contributed by atoms with Crippen molar-refractivity contribution in [2.24, 2.45) is 0 Å². The second kappa shape index (κ2) is 5.71. The third-order valence-corrected chi connectivity index (χ3v) is 3.06. The lowest BCUT2D eigenvalue weighted by Gasteiger charge is -2.11. The summed E-state index contributed by atoms with van der Waals surface area (Å²) in [4.78, 5) is 4.21. The predicted octanol–water partition coefficient (Wildman–Crippen LogP) is 3.03. The van der Waals surface area contributed by atoms with Crippen LogP contribution >= 0.6 is 23.2 Å². The highest BCUT2D eigenvalue weighted by molar-refractivity contribution is 6.32. The number of pyridine rings is 1. The molecule has 1 fully saturated rings. The third kappa shape index (κ3) is 3.00. The number of aromatic nitrogens is 1. The van der Waals surface area contributed by atoms with Gasteiger partial charge in [0.2, 0.25) is 5.88 Å². The molecule has 5 heteroatoms. The number of halogens is 2. The van der Waals surface area contributed by atoms with E-state index in [2.05, 4.69) is 4.98 Å². The zero-order valence-electron chi connectivity index (χ0n) is 8.79. The Morgan fingerprint density at radius 1 is 1.50 bits per heavy atom. The van der Waals surface area contributed by atoms with Gasteiger partial charge < -0.3 is 9.47 Å². The van der Waals surface area contributed by atoms with Gasteiger partial charge in [0.05, 0.1) is 22.7 Å². The van der Waals surface area contributed by atoms with Gasteiger partial charge in [-0.2, -0.15) is 0 Å². The Balaban J connectivity index is 1.93. The highest BCUT2D eigenvalue weighted by atomic mass is 35.5. The fourth-order valence-electron chi connectivity index (χ4n) is 1.59. The van der Waals surface area contributed by atoms with E-state index in [0.717, 1.165) is 19.4 Å². The Bertz CT molecular complexity index is 354. The number of alkyl halides is 1. The van der Waals surface area contributed by atoms with Crippen LogP contribution in [0.5, 0.6) is 5.88 Å². The summed E-state index contributed by atoms with van der Waals surface area (Å²) in [5.74, 6) is 0.839. The van der Waals surface area contributed by atoms with E-state index in [9.17, 15) is 0 Å². The zero-order valence-corrected chi connectivity index (χ0v) is 10.3. The molecule has 0 amide bonds. The molecule has 0 N–H and O–H groups in total. The minimum atomic E-state index is 0.192. The first-order valence-electron chi connectivity index (χ1n) is 5.25. The fourth-order valence-corrected chi connectivity index (χ4v) is 2.04. The molecule has 1 aromatic heterocycles. The van der Waals surface area contributed by atoms with E-state index < -0.39 is 0 Å². The number of rotatable bonds is 4. The molecule has 1 unspecified atom stereocenters. The van der Waals surface area contributed by atoms with Crippen LogP contribution in [-0.4, -0.2) is 24.3 Å². The van der Waals surface area contributed by atoms with Gasteiger partial charge >= 0.3 is 0 Å². The average molecular weight is 262 g/mol. The number of ether oxygens (including phenoxy) is 2. The summed E-state index contributed by atoms with van der Waals surface area (Å²) >= 11 is 11.6. The minimum absolute atomic E-state index is 0.192. The van der Waals surface area contributed by atoms with E-state index in [1.165, 1.54) is 0 Å². The Morgan fingerprint density at radius 2 is 2.38 bits per heavy atom. The van der Waals surface area contributed by atoms with Gasteiger partial charge in [0.15, 0.2) is 0 Å². The van der Waals surface area contributed by atoms with Gasteiger partial charge in [0, 0.05) is 12.7 Å². The zero-order chi connectivity index (χ0) is 11.4. The van der Waals surface area contributed by atoms with Crippen molar-refractivity contribution < 1.29 is 9.47 Å². The standard InChI is InChI=1S/C11H13Cl2NO2/c12-6-10-9(13)3-4-11(14-10)16-7-8-2-1-5-15-8/h3-4,8H,1-2,5-7H2. The van der Waals surface area contributed by atoms with E-state index in [-0.39, 0.29) is 12.0 Å². The SMILES string of the molecule is ClCc1nc(OCC2CCCO2)ccc1Cl. The summed E-state index contributed by atoms with van der Waals surface area (Å²) in [7, 11) is 0. The van der Waals surface area contributed by atoms with Crippen molar-refractivity contribution in [1.82, 2.24) is 4.98 Å². The second-order valence-corrected chi connectivity index (χ2v) is 4.33. The van der Waals surface area contributed by atoms with Crippen molar-refractivity contribution in [3.63, 3.8) is 0 Å². The van der Waals surface area contributed by atoms with Crippen LogP contribution in [0.1, 0.15) is 18.5 Å². The monoisotopic (exact) mass is 261 g/mol. The number of nitrogens with zero attached hydrogens (tertiary/aromatic N) is 1. The largest absolute Gasteiger partial charge is 0.475 e. The van der Waals surface area contributed by atoms with E-state index in [0.29, 0.717) is 23.2 Å². The molecule has 1 saturated heterocycles. The molecular formula is C11H13Cl2NO2. The van der Waals surface area contributed by atoms with Crippen LogP contribution in [0.15, 0.2) is 12.1 Å². The molecule has 88 valence electrons. The highest BCUT2D eigenvalue weighted by Crippen LogP contribution is 2.20. The van der Waals surface area contributed by atoms with Gasteiger partial charge in [-0.3, -0.25) is 0 Å².